The van der Waals surface area contributed by atoms with Gasteiger partial charge in [-0.2, -0.15) is 0 Å². The molecular formula is C15H20N6O4. The number of benzene rings is 1. The van der Waals surface area contributed by atoms with E-state index in [4.69, 9.17) is 10.4 Å². The van der Waals surface area contributed by atoms with E-state index in [1.807, 2.05) is 18.7 Å². The molecule has 134 valence electrons. The van der Waals surface area contributed by atoms with Gasteiger partial charge in [0.05, 0.1) is 16.7 Å². The van der Waals surface area contributed by atoms with Crippen LogP contribution in [0.15, 0.2) is 16.8 Å². The van der Waals surface area contributed by atoms with Gasteiger partial charge in [-0.15, -0.1) is 0 Å². The molecule has 10 nitrogen and oxygen atoms in total. The quantitative estimate of drug-likeness (QED) is 0.633. The third-order valence-electron chi connectivity index (χ3n) is 4.50. The lowest BCUT2D eigenvalue weighted by Crippen LogP contribution is -2.54. The number of nitrogens with two attached hydrogens (primary N) is 1. The Morgan fingerprint density at radius 1 is 1.24 bits per heavy atom. The van der Waals surface area contributed by atoms with Crippen LogP contribution in [0.25, 0.3) is 11.0 Å². The number of carbonyl (C=O) groups excluding carboxylic acids is 1. The lowest BCUT2D eigenvalue weighted by Gasteiger charge is -2.37. The molecule has 2 heterocycles. The van der Waals surface area contributed by atoms with Crippen LogP contribution < -0.4 is 10.6 Å². The number of non-ortho nitro benzene ring substituents is 1. The Morgan fingerprint density at radius 2 is 1.88 bits per heavy atom. The number of rotatable bonds is 4. The van der Waals surface area contributed by atoms with Gasteiger partial charge in [-0.25, -0.2) is 4.63 Å². The molecule has 1 saturated heterocycles. The SMILES string of the molecule is CC(C)[C@H](N)C(=O)N1CCN(c2ccc([N+](=O)[O-])c3nonc23)CC1. The Morgan fingerprint density at radius 3 is 2.48 bits per heavy atom. The van der Waals surface area contributed by atoms with Gasteiger partial charge in [-0.05, 0) is 22.3 Å². The summed E-state index contributed by atoms with van der Waals surface area (Å²) >= 11 is 0. The summed E-state index contributed by atoms with van der Waals surface area (Å²) in [4.78, 5) is 26.7. The summed E-state index contributed by atoms with van der Waals surface area (Å²) in [7, 11) is 0. The molecule has 0 radical (unpaired) electrons. The molecule has 1 amide bonds. The second-order valence-corrected chi connectivity index (χ2v) is 6.40. The van der Waals surface area contributed by atoms with Crippen LogP contribution in [-0.2, 0) is 4.79 Å². The zero-order valence-electron chi connectivity index (χ0n) is 14.1. The van der Waals surface area contributed by atoms with Crippen molar-refractivity contribution in [2.24, 2.45) is 11.7 Å². The standard InChI is InChI=1S/C15H20N6O4/c1-9(2)12(16)15(22)20-7-5-19(6-8-20)10-3-4-11(21(23)24)14-13(10)17-25-18-14/h3-4,9,12H,5-8,16H2,1-2H3/t12-/m0/s1. The van der Waals surface area contributed by atoms with E-state index in [-0.39, 0.29) is 23.0 Å². The number of fused-ring (bicyclic) bond motifs is 1. The summed E-state index contributed by atoms with van der Waals surface area (Å²) < 4.78 is 4.69. The molecule has 1 aromatic heterocycles. The summed E-state index contributed by atoms with van der Waals surface area (Å²) in [5, 5.41) is 18.5. The zero-order valence-corrected chi connectivity index (χ0v) is 14.1. The topological polar surface area (TPSA) is 132 Å². The Bertz CT molecular complexity index is 796. The fourth-order valence-electron chi connectivity index (χ4n) is 2.91. The van der Waals surface area contributed by atoms with Gasteiger partial charge >= 0.3 is 5.69 Å². The molecule has 1 aromatic carbocycles. The van der Waals surface area contributed by atoms with E-state index in [0.717, 1.165) is 0 Å². The largest absolute Gasteiger partial charge is 0.366 e. The highest BCUT2D eigenvalue weighted by atomic mass is 16.6. The predicted octanol–water partition coefficient (Wildman–Crippen LogP) is 0.763. The molecule has 1 aliphatic heterocycles. The second-order valence-electron chi connectivity index (χ2n) is 6.40. The van der Waals surface area contributed by atoms with E-state index < -0.39 is 11.0 Å². The number of aromatic nitrogens is 2. The Kier molecular flexibility index (Phi) is 4.53. The van der Waals surface area contributed by atoms with Gasteiger partial charge in [-0.3, -0.25) is 14.9 Å². The first kappa shape index (κ1) is 17.1. The minimum absolute atomic E-state index is 0.0494. The number of hydrogen-bond donors (Lipinski definition) is 1. The van der Waals surface area contributed by atoms with Gasteiger partial charge in [0.1, 0.15) is 0 Å². The Hall–Kier alpha value is -2.75. The molecule has 0 spiro atoms. The third kappa shape index (κ3) is 3.12. The van der Waals surface area contributed by atoms with Gasteiger partial charge in [0.2, 0.25) is 11.4 Å². The van der Waals surface area contributed by atoms with Crippen LogP contribution in [0.4, 0.5) is 11.4 Å². The highest BCUT2D eigenvalue weighted by molar-refractivity contribution is 5.94. The van der Waals surface area contributed by atoms with Gasteiger partial charge in [0, 0.05) is 32.2 Å². The molecule has 0 aliphatic carbocycles. The van der Waals surface area contributed by atoms with Crippen molar-refractivity contribution in [3.05, 3.63) is 22.2 Å². The summed E-state index contributed by atoms with van der Waals surface area (Å²) in [5.74, 6) is 0.0348. The van der Waals surface area contributed by atoms with Crippen molar-refractivity contribution in [2.75, 3.05) is 31.1 Å². The first-order valence-electron chi connectivity index (χ1n) is 8.09. The van der Waals surface area contributed by atoms with Crippen molar-refractivity contribution in [3.8, 4) is 0 Å². The Labute approximate surface area is 143 Å². The Balaban J connectivity index is 1.77. The minimum Gasteiger partial charge on any atom is -0.366 e. The molecule has 0 bridgehead atoms. The van der Waals surface area contributed by atoms with Gasteiger partial charge in [0.15, 0.2) is 5.52 Å². The number of nitro benzene ring substituents is 1. The van der Waals surface area contributed by atoms with Crippen molar-refractivity contribution in [1.82, 2.24) is 15.2 Å². The zero-order chi connectivity index (χ0) is 18.1. The molecule has 0 unspecified atom stereocenters. The average molecular weight is 348 g/mol. The normalized spacial score (nSPS) is 16.5. The highest BCUT2D eigenvalue weighted by Crippen LogP contribution is 2.31. The number of piperazine rings is 1. The molecule has 3 rings (SSSR count). The van der Waals surface area contributed by atoms with Crippen molar-refractivity contribution < 1.29 is 14.3 Å². The van der Waals surface area contributed by atoms with Crippen molar-refractivity contribution >= 4 is 28.3 Å². The maximum absolute atomic E-state index is 12.3. The number of amides is 1. The van der Waals surface area contributed by atoms with Crippen LogP contribution in [-0.4, -0.2) is 58.3 Å². The predicted molar refractivity (Wildman–Crippen MR) is 90.1 cm³/mol. The molecule has 2 aromatic rings. The number of hydrogen-bond acceptors (Lipinski definition) is 8. The molecule has 25 heavy (non-hydrogen) atoms. The number of carbonyl (C=O) groups is 1. The highest BCUT2D eigenvalue weighted by Gasteiger charge is 2.29. The fraction of sp³-hybridized carbons (Fsp3) is 0.533. The first-order valence-corrected chi connectivity index (χ1v) is 8.09. The van der Waals surface area contributed by atoms with Crippen LogP contribution in [0.3, 0.4) is 0 Å². The fourth-order valence-corrected chi connectivity index (χ4v) is 2.91. The van der Waals surface area contributed by atoms with Crippen molar-refractivity contribution in [3.63, 3.8) is 0 Å². The molecule has 2 N–H and O–H groups in total. The van der Waals surface area contributed by atoms with Gasteiger partial charge in [-0.1, -0.05) is 13.8 Å². The van der Waals surface area contributed by atoms with E-state index in [9.17, 15) is 14.9 Å². The van der Waals surface area contributed by atoms with Gasteiger partial charge in [0.25, 0.3) is 0 Å². The van der Waals surface area contributed by atoms with E-state index >= 15 is 0 Å². The smallest absolute Gasteiger partial charge is 0.300 e. The van der Waals surface area contributed by atoms with E-state index in [1.165, 1.54) is 6.07 Å². The maximum atomic E-state index is 12.3. The lowest BCUT2D eigenvalue weighted by molar-refractivity contribution is -0.383. The van der Waals surface area contributed by atoms with Crippen LogP contribution in [0.2, 0.25) is 0 Å². The maximum Gasteiger partial charge on any atom is 0.300 e. The number of nitro groups is 1. The first-order chi connectivity index (χ1) is 11.9. The molecule has 1 atom stereocenters. The molecule has 10 heteroatoms. The summed E-state index contributed by atoms with van der Waals surface area (Å²) in [5.41, 5.74) is 6.99. The van der Waals surface area contributed by atoms with Crippen LogP contribution >= 0.6 is 0 Å². The van der Waals surface area contributed by atoms with E-state index in [0.29, 0.717) is 37.4 Å². The molecule has 1 aliphatic rings. The molecule has 0 saturated carbocycles. The van der Waals surface area contributed by atoms with E-state index in [2.05, 4.69) is 10.3 Å². The summed E-state index contributed by atoms with van der Waals surface area (Å²) in [6.45, 7) is 6.06. The monoisotopic (exact) mass is 348 g/mol. The molecule has 1 fully saturated rings. The minimum atomic E-state index is -0.514. The lowest BCUT2D eigenvalue weighted by atomic mass is 10.0. The van der Waals surface area contributed by atoms with Crippen LogP contribution in [0, 0.1) is 16.0 Å². The third-order valence-corrected chi connectivity index (χ3v) is 4.50. The number of anilines is 1. The van der Waals surface area contributed by atoms with Crippen LogP contribution in [0.1, 0.15) is 13.8 Å². The van der Waals surface area contributed by atoms with Gasteiger partial charge < -0.3 is 15.5 Å². The summed E-state index contributed by atoms with van der Waals surface area (Å²) in [6.07, 6.45) is 0. The average Bonchev–Trinajstić information content (AvgIpc) is 3.09. The van der Waals surface area contributed by atoms with Crippen molar-refractivity contribution in [1.29, 1.82) is 0 Å². The number of nitrogens with zero attached hydrogens (tertiary/aromatic N) is 5. The van der Waals surface area contributed by atoms with Crippen LogP contribution in [0.5, 0.6) is 0 Å². The van der Waals surface area contributed by atoms with Crippen molar-refractivity contribution in [2.45, 2.75) is 19.9 Å². The van der Waals surface area contributed by atoms with E-state index in [1.54, 1.807) is 11.0 Å². The summed E-state index contributed by atoms with van der Waals surface area (Å²) in [6, 6.07) is 2.54. The molecular weight excluding hydrogens is 328 g/mol. The second kappa shape index (κ2) is 6.63.